The number of hydrogen-bond acceptors (Lipinski definition) is 4. The van der Waals surface area contributed by atoms with E-state index in [9.17, 15) is 4.79 Å². The highest BCUT2D eigenvalue weighted by molar-refractivity contribution is 9.10. The summed E-state index contributed by atoms with van der Waals surface area (Å²) in [6.45, 7) is 6.56. The van der Waals surface area contributed by atoms with Crippen LogP contribution in [0.5, 0.6) is 0 Å². The van der Waals surface area contributed by atoms with Crippen molar-refractivity contribution in [1.29, 1.82) is 0 Å². The fourth-order valence-electron chi connectivity index (χ4n) is 3.46. The number of urea groups is 1. The number of likely N-dealkylation sites (N-methyl/N-ethyl adjacent to an activating group) is 1. The summed E-state index contributed by atoms with van der Waals surface area (Å²) >= 11 is 3.47. The van der Waals surface area contributed by atoms with Crippen molar-refractivity contribution >= 4 is 27.8 Å². The van der Waals surface area contributed by atoms with Crippen LogP contribution in [0.4, 0.5) is 10.6 Å². The van der Waals surface area contributed by atoms with E-state index in [-0.39, 0.29) is 12.1 Å². The molecule has 24 heavy (non-hydrogen) atoms. The highest BCUT2D eigenvalue weighted by Crippen LogP contribution is 2.25. The molecule has 1 aromatic heterocycles. The minimum Gasteiger partial charge on any atom is -0.378 e. The van der Waals surface area contributed by atoms with Gasteiger partial charge in [0.05, 0.1) is 19.3 Å². The second-order valence-electron chi connectivity index (χ2n) is 6.53. The summed E-state index contributed by atoms with van der Waals surface area (Å²) in [6, 6.07) is 2.43. The Hall–Kier alpha value is -1.34. The summed E-state index contributed by atoms with van der Waals surface area (Å²) in [5.74, 6) is 1.02. The zero-order valence-electron chi connectivity index (χ0n) is 14.4. The van der Waals surface area contributed by atoms with Crippen molar-refractivity contribution in [2.24, 2.45) is 0 Å². The zero-order valence-corrected chi connectivity index (χ0v) is 16.0. The summed E-state index contributed by atoms with van der Waals surface area (Å²) in [6.07, 6.45) is 3.95. The van der Waals surface area contributed by atoms with Crippen LogP contribution in [-0.2, 0) is 4.74 Å². The lowest BCUT2D eigenvalue weighted by atomic mass is 10.0. The molecule has 0 spiro atoms. The topological polar surface area (TPSA) is 48.9 Å². The highest BCUT2D eigenvalue weighted by Gasteiger charge is 2.30. The maximum Gasteiger partial charge on any atom is 0.320 e. The van der Waals surface area contributed by atoms with E-state index in [1.807, 2.05) is 23.0 Å². The van der Waals surface area contributed by atoms with Gasteiger partial charge >= 0.3 is 6.03 Å². The molecule has 2 aliphatic rings. The monoisotopic (exact) mass is 396 g/mol. The van der Waals surface area contributed by atoms with Crippen molar-refractivity contribution in [2.45, 2.75) is 25.8 Å². The van der Waals surface area contributed by atoms with Crippen LogP contribution in [0.15, 0.2) is 16.7 Å². The van der Waals surface area contributed by atoms with Gasteiger partial charge in [-0.1, -0.05) is 0 Å². The van der Waals surface area contributed by atoms with Gasteiger partial charge in [-0.15, -0.1) is 0 Å². The summed E-state index contributed by atoms with van der Waals surface area (Å²) in [5, 5.41) is 0. The number of carbonyl (C=O) groups excluding carboxylic acids is 1. The van der Waals surface area contributed by atoms with Crippen LogP contribution in [0.2, 0.25) is 0 Å². The van der Waals surface area contributed by atoms with E-state index in [4.69, 9.17) is 4.74 Å². The van der Waals surface area contributed by atoms with E-state index >= 15 is 0 Å². The molecular formula is C17H25BrN4O2. The van der Waals surface area contributed by atoms with Crippen molar-refractivity contribution in [2.75, 3.05) is 51.3 Å². The molecule has 0 radical (unpaired) electrons. The first-order valence-corrected chi connectivity index (χ1v) is 9.32. The van der Waals surface area contributed by atoms with E-state index < -0.39 is 0 Å². The maximum atomic E-state index is 12.7. The molecule has 3 rings (SSSR count). The standard InChI is InChI=1S/C17H25BrN4O2/c1-13-10-14(18)11-19-16(13)22-5-3-4-15(12-22)20(2)17(23)21-6-8-24-9-7-21/h10-11,15H,3-9,12H2,1-2H3. The van der Waals surface area contributed by atoms with Gasteiger partial charge in [0.25, 0.3) is 0 Å². The average Bonchev–Trinajstić information content (AvgIpc) is 2.61. The number of piperidine rings is 1. The van der Waals surface area contributed by atoms with Crippen LogP contribution >= 0.6 is 15.9 Å². The Balaban J connectivity index is 1.67. The Bertz CT molecular complexity index is 592. The number of aromatic nitrogens is 1. The van der Waals surface area contributed by atoms with Gasteiger partial charge in [0, 0.05) is 43.9 Å². The molecule has 0 bridgehead atoms. The lowest BCUT2D eigenvalue weighted by Gasteiger charge is -2.41. The van der Waals surface area contributed by atoms with Crippen molar-refractivity contribution in [3.05, 3.63) is 22.3 Å². The molecule has 0 N–H and O–H groups in total. The first-order chi connectivity index (χ1) is 11.6. The second kappa shape index (κ2) is 7.70. The number of anilines is 1. The molecule has 3 heterocycles. The van der Waals surface area contributed by atoms with E-state index in [1.165, 1.54) is 0 Å². The Morgan fingerprint density at radius 1 is 1.38 bits per heavy atom. The first kappa shape index (κ1) is 17.5. The highest BCUT2D eigenvalue weighted by atomic mass is 79.9. The number of aryl methyl sites for hydroxylation is 1. The molecule has 1 aromatic rings. The quantitative estimate of drug-likeness (QED) is 0.770. The van der Waals surface area contributed by atoms with Crippen LogP contribution in [0, 0.1) is 6.92 Å². The summed E-state index contributed by atoms with van der Waals surface area (Å²) in [7, 11) is 1.92. The second-order valence-corrected chi connectivity index (χ2v) is 7.44. The predicted molar refractivity (Wildman–Crippen MR) is 97.5 cm³/mol. The number of hydrogen-bond donors (Lipinski definition) is 0. The number of carbonyl (C=O) groups is 1. The molecule has 7 heteroatoms. The largest absolute Gasteiger partial charge is 0.378 e. The number of pyridine rings is 1. The van der Waals surface area contributed by atoms with Crippen LogP contribution < -0.4 is 4.90 Å². The predicted octanol–water partition coefficient (Wildman–Crippen LogP) is 2.51. The minimum atomic E-state index is 0.116. The van der Waals surface area contributed by atoms with Crippen LogP contribution in [-0.4, -0.2) is 73.3 Å². The maximum absolute atomic E-state index is 12.7. The smallest absolute Gasteiger partial charge is 0.320 e. The number of nitrogens with zero attached hydrogens (tertiary/aromatic N) is 4. The third kappa shape index (κ3) is 3.83. The number of rotatable bonds is 2. The van der Waals surface area contributed by atoms with Gasteiger partial charge < -0.3 is 19.4 Å². The molecule has 6 nitrogen and oxygen atoms in total. The zero-order chi connectivity index (χ0) is 17.1. The number of amides is 2. The molecule has 0 aliphatic carbocycles. The first-order valence-electron chi connectivity index (χ1n) is 8.53. The summed E-state index contributed by atoms with van der Waals surface area (Å²) < 4.78 is 6.34. The lowest BCUT2D eigenvalue weighted by molar-refractivity contribution is 0.0414. The van der Waals surface area contributed by atoms with Gasteiger partial charge in [0.1, 0.15) is 5.82 Å². The minimum absolute atomic E-state index is 0.116. The third-order valence-corrected chi connectivity index (χ3v) is 5.28. The van der Waals surface area contributed by atoms with Crippen LogP contribution in [0.25, 0.3) is 0 Å². The number of halogens is 1. The molecule has 0 aromatic carbocycles. The fraction of sp³-hybridized carbons (Fsp3) is 0.647. The van der Waals surface area contributed by atoms with Crippen molar-refractivity contribution in [3.8, 4) is 0 Å². The molecule has 0 saturated carbocycles. The average molecular weight is 397 g/mol. The van der Waals surface area contributed by atoms with Crippen LogP contribution in [0.1, 0.15) is 18.4 Å². The van der Waals surface area contributed by atoms with Crippen molar-refractivity contribution in [1.82, 2.24) is 14.8 Å². The summed E-state index contributed by atoms with van der Waals surface area (Å²) in [4.78, 5) is 23.4. The third-order valence-electron chi connectivity index (χ3n) is 4.84. The molecule has 1 atom stereocenters. The van der Waals surface area contributed by atoms with Gasteiger partial charge in [-0.3, -0.25) is 0 Å². The van der Waals surface area contributed by atoms with E-state index in [0.717, 1.165) is 41.8 Å². The van der Waals surface area contributed by atoms with Gasteiger partial charge in [-0.2, -0.15) is 0 Å². The number of morpholine rings is 1. The molecule has 2 amide bonds. The van der Waals surface area contributed by atoms with E-state index in [2.05, 4.69) is 38.8 Å². The molecular weight excluding hydrogens is 372 g/mol. The van der Waals surface area contributed by atoms with E-state index in [1.54, 1.807) is 0 Å². The Morgan fingerprint density at radius 3 is 2.83 bits per heavy atom. The molecule has 132 valence electrons. The van der Waals surface area contributed by atoms with E-state index in [0.29, 0.717) is 26.3 Å². The van der Waals surface area contributed by atoms with Gasteiger partial charge in [0.15, 0.2) is 0 Å². The van der Waals surface area contributed by atoms with Gasteiger partial charge in [0.2, 0.25) is 0 Å². The molecule has 2 fully saturated rings. The van der Waals surface area contributed by atoms with Crippen molar-refractivity contribution in [3.63, 3.8) is 0 Å². The normalized spacial score (nSPS) is 21.7. The Morgan fingerprint density at radius 2 is 2.12 bits per heavy atom. The van der Waals surface area contributed by atoms with Gasteiger partial charge in [-0.05, 0) is 47.3 Å². The lowest BCUT2D eigenvalue weighted by Crippen LogP contribution is -2.54. The van der Waals surface area contributed by atoms with Gasteiger partial charge in [-0.25, -0.2) is 9.78 Å². The fourth-order valence-corrected chi connectivity index (χ4v) is 3.91. The van der Waals surface area contributed by atoms with Crippen LogP contribution in [0.3, 0.4) is 0 Å². The Labute approximate surface area is 151 Å². The molecule has 2 aliphatic heterocycles. The van der Waals surface area contributed by atoms with Crippen molar-refractivity contribution < 1.29 is 9.53 Å². The number of ether oxygens (including phenoxy) is 1. The molecule has 1 unspecified atom stereocenters. The Kier molecular flexibility index (Phi) is 5.61. The molecule has 2 saturated heterocycles. The SMILES string of the molecule is Cc1cc(Br)cnc1N1CCCC(N(C)C(=O)N2CCOCC2)C1. The summed E-state index contributed by atoms with van der Waals surface area (Å²) in [5.41, 5.74) is 1.16.